The van der Waals surface area contributed by atoms with Crippen LogP contribution >= 0.6 is 0 Å². The van der Waals surface area contributed by atoms with Crippen molar-refractivity contribution in [1.82, 2.24) is 15.6 Å². The van der Waals surface area contributed by atoms with Gasteiger partial charge >= 0.3 is 0 Å². The third-order valence-electron chi connectivity index (χ3n) is 2.34. The van der Waals surface area contributed by atoms with Gasteiger partial charge in [0, 0.05) is 12.1 Å². The molecule has 5 heteroatoms. The summed E-state index contributed by atoms with van der Waals surface area (Å²) in [7, 11) is 1.87. The fourth-order valence-electron chi connectivity index (χ4n) is 1.50. The van der Waals surface area contributed by atoms with Gasteiger partial charge in [-0.1, -0.05) is 0 Å². The third-order valence-corrected chi connectivity index (χ3v) is 2.34. The molecule has 1 rings (SSSR count). The van der Waals surface area contributed by atoms with Gasteiger partial charge in [0.05, 0.1) is 11.9 Å². The summed E-state index contributed by atoms with van der Waals surface area (Å²) in [5.41, 5.74) is 0.672. The number of amides is 1. The van der Waals surface area contributed by atoms with E-state index in [-0.39, 0.29) is 11.4 Å². The van der Waals surface area contributed by atoms with Crippen molar-refractivity contribution >= 4 is 5.91 Å². The first kappa shape index (κ1) is 15.4. The Kier molecular flexibility index (Phi) is 5.30. The van der Waals surface area contributed by atoms with E-state index in [1.54, 1.807) is 13.1 Å². The Morgan fingerprint density at radius 3 is 2.58 bits per heavy atom. The lowest BCUT2D eigenvalue weighted by Crippen LogP contribution is -2.46. The van der Waals surface area contributed by atoms with Crippen LogP contribution in [0.2, 0.25) is 0 Å². The van der Waals surface area contributed by atoms with Gasteiger partial charge in [-0.25, -0.2) is 0 Å². The van der Waals surface area contributed by atoms with E-state index < -0.39 is 6.10 Å². The summed E-state index contributed by atoms with van der Waals surface area (Å²) >= 11 is 0. The average molecular weight is 265 g/mol. The first-order chi connectivity index (χ1) is 8.81. The molecule has 1 atom stereocenters. The molecule has 0 radical (unpaired) electrons. The van der Waals surface area contributed by atoms with Crippen molar-refractivity contribution in [1.29, 1.82) is 0 Å². The number of carbonyl (C=O) groups excluding carboxylic acids is 1. The molecule has 0 spiro atoms. The van der Waals surface area contributed by atoms with E-state index in [0.717, 1.165) is 5.69 Å². The maximum atomic E-state index is 11.9. The van der Waals surface area contributed by atoms with Crippen molar-refractivity contribution in [3.63, 3.8) is 0 Å². The van der Waals surface area contributed by atoms with Crippen molar-refractivity contribution in [2.24, 2.45) is 0 Å². The van der Waals surface area contributed by atoms with Crippen molar-refractivity contribution in [2.45, 2.75) is 45.9 Å². The molecule has 1 unspecified atom stereocenters. The predicted octanol–water partition coefficient (Wildman–Crippen LogP) is 1.48. The maximum Gasteiger partial charge on any atom is 0.261 e. The summed E-state index contributed by atoms with van der Waals surface area (Å²) in [5.74, 6) is 0.461. The first-order valence-electron chi connectivity index (χ1n) is 6.40. The number of aromatic nitrogens is 1. The highest BCUT2D eigenvalue weighted by Gasteiger charge is 2.20. The van der Waals surface area contributed by atoms with Crippen LogP contribution in [0, 0.1) is 0 Å². The SMILES string of the molecule is CNCc1ccc(OC(C)C(=O)NC(C)(C)C)cn1. The Morgan fingerprint density at radius 1 is 1.42 bits per heavy atom. The van der Waals surface area contributed by atoms with Crippen LogP contribution in [0.3, 0.4) is 0 Å². The van der Waals surface area contributed by atoms with E-state index in [2.05, 4.69) is 15.6 Å². The Bertz CT molecular complexity index is 410. The van der Waals surface area contributed by atoms with E-state index in [1.165, 1.54) is 0 Å². The molecule has 2 N–H and O–H groups in total. The molecule has 0 aliphatic rings. The fourth-order valence-corrected chi connectivity index (χ4v) is 1.50. The molecule has 1 aromatic heterocycles. The summed E-state index contributed by atoms with van der Waals surface area (Å²) in [6.07, 6.45) is 1.09. The number of hydrogen-bond acceptors (Lipinski definition) is 4. The number of nitrogens with zero attached hydrogens (tertiary/aromatic N) is 1. The summed E-state index contributed by atoms with van der Waals surface area (Å²) in [4.78, 5) is 16.1. The number of hydrogen-bond donors (Lipinski definition) is 2. The molecule has 19 heavy (non-hydrogen) atoms. The highest BCUT2D eigenvalue weighted by atomic mass is 16.5. The van der Waals surface area contributed by atoms with E-state index in [1.807, 2.05) is 40.0 Å². The maximum absolute atomic E-state index is 11.9. The van der Waals surface area contributed by atoms with Crippen molar-refractivity contribution in [3.05, 3.63) is 24.0 Å². The van der Waals surface area contributed by atoms with E-state index in [9.17, 15) is 4.79 Å². The zero-order valence-electron chi connectivity index (χ0n) is 12.3. The van der Waals surface area contributed by atoms with Gasteiger partial charge in [0.1, 0.15) is 5.75 Å². The Hall–Kier alpha value is -1.62. The molecular weight excluding hydrogens is 242 g/mol. The van der Waals surface area contributed by atoms with Gasteiger partial charge in [0.25, 0.3) is 5.91 Å². The lowest BCUT2D eigenvalue weighted by molar-refractivity contribution is -0.128. The summed E-state index contributed by atoms with van der Waals surface area (Å²) < 4.78 is 5.56. The van der Waals surface area contributed by atoms with Crippen LogP contribution < -0.4 is 15.4 Å². The number of nitrogens with one attached hydrogen (secondary N) is 2. The fraction of sp³-hybridized carbons (Fsp3) is 0.571. The van der Waals surface area contributed by atoms with Gasteiger partial charge in [-0.05, 0) is 46.9 Å². The molecule has 1 heterocycles. The van der Waals surface area contributed by atoms with E-state index in [4.69, 9.17) is 4.74 Å². The molecule has 0 aliphatic heterocycles. The lowest BCUT2D eigenvalue weighted by Gasteiger charge is -2.23. The second-order valence-corrected chi connectivity index (χ2v) is 5.51. The predicted molar refractivity (Wildman–Crippen MR) is 75.0 cm³/mol. The number of rotatable bonds is 5. The monoisotopic (exact) mass is 265 g/mol. The van der Waals surface area contributed by atoms with Crippen LogP contribution in [0.15, 0.2) is 18.3 Å². The second kappa shape index (κ2) is 6.52. The van der Waals surface area contributed by atoms with Crippen LogP contribution in [0.25, 0.3) is 0 Å². The highest BCUT2D eigenvalue weighted by molar-refractivity contribution is 5.81. The van der Waals surface area contributed by atoms with Crippen LogP contribution in [0.1, 0.15) is 33.4 Å². The zero-order chi connectivity index (χ0) is 14.5. The van der Waals surface area contributed by atoms with Gasteiger partial charge in [-0.2, -0.15) is 0 Å². The Morgan fingerprint density at radius 2 is 2.11 bits per heavy atom. The van der Waals surface area contributed by atoms with Crippen molar-refractivity contribution < 1.29 is 9.53 Å². The Balaban J connectivity index is 2.56. The van der Waals surface area contributed by atoms with Crippen molar-refractivity contribution in [2.75, 3.05) is 7.05 Å². The van der Waals surface area contributed by atoms with Gasteiger partial charge in [-0.3, -0.25) is 9.78 Å². The average Bonchev–Trinajstić information content (AvgIpc) is 2.29. The minimum Gasteiger partial charge on any atom is -0.479 e. The second-order valence-electron chi connectivity index (χ2n) is 5.51. The molecule has 0 saturated heterocycles. The van der Waals surface area contributed by atoms with Crippen LogP contribution in [-0.4, -0.2) is 29.6 Å². The molecule has 0 fully saturated rings. The molecular formula is C14H23N3O2. The van der Waals surface area contributed by atoms with Gasteiger partial charge < -0.3 is 15.4 Å². The third kappa shape index (κ3) is 5.70. The highest BCUT2D eigenvalue weighted by Crippen LogP contribution is 2.12. The van der Waals surface area contributed by atoms with E-state index >= 15 is 0 Å². The van der Waals surface area contributed by atoms with Crippen LogP contribution in [-0.2, 0) is 11.3 Å². The normalized spacial score (nSPS) is 12.9. The topological polar surface area (TPSA) is 63.2 Å². The van der Waals surface area contributed by atoms with Gasteiger partial charge in [0.2, 0.25) is 0 Å². The molecule has 1 aromatic rings. The number of carbonyl (C=O) groups is 1. The minimum atomic E-state index is -0.545. The zero-order valence-corrected chi connectivity index (χ0v) is 12.3. The van der Waals surface area contributed by atoms with Gasteiger partial charge in [-0.15, -0.1) is 0 Å². The molecule has 0 saturated carbocycles. The summed E-state index contributed by atoms with van der Waals surface area (Å²) in [6, 6.07) is 3.70. The Labute approximate surface area is 114 Å². The molecule has 0 aliphatic carbocycles. The molecule has 0 bridgehead atoms. The van der Waals surface area contributed by atoms with Crippen LogP contribution in [0.5, 0.6) is 5.75 Å². The smallest absolute Gasteiger partial charge is 0.261 e. The molecule has 1 amide bonds. The van der Waals surface area contributed by atoms with Gasteiger partial charge in [0.15, 0.2) is 6.10 Å². The van der Waals surface area contributed by atoms with Crippen LogP contribution in [0.4, 0.5) is 0 Å². The summed E-state index contributed by atoms with van der Waals surface area (Å²) in [6.45, 7) is 8.24. The minimum absolute atomic E-state index is 0.133. The molecule has 106 valence electrons. The quantitative estimate of drug-likeness (QED) is 0.846. The molecule has 0 aromatic carbocycles. The molecule has 5 nitrogen and oxygen atoms in total. The number of pyridine rings is 1. The first-order valence-corrected chi connectivity index (χ1v) is 6.40. The lowest BCUT2D eigenvalue weighted by atomic mass is 10.1. The standard InChI is InChI=1S/C14H23N3O2/c1-10(13(18)17-14(2,3)4)19-12-7-6-11(8-15-5)16-9-12/h6-7,9-10,15H,8H2,1-5H3,(H,17,18). The number of ether oxygens (including phenoxy) is 1. The largest absolute Gasteiger partial charge is 0.479 e. The van der Waals surface area contributed by atoms with Crippen molar-refractivity contribution in [3.8, 4) is 5.75 Å². The summed E-state index contributed by atoms with van der Waals surface area (Å²) in [5, 5.41) is 5.90. The van der Waals surface area contributed by atoms with E-state index in [0.29, 0.717) is 12.3 Å².